The summed E-state index contributed by atoms with van der Waals surface area (Å²) < 4.78 is 0. The van der Waals surface area contributed by atoms with E-state index >= 15 is 0 Å². The highest BCUT2D eigenvalue weighted by molar-refractivity contribution is 5.96. The fraction of sp³-hybridized carbons (Fsp3) is 0.579. The molecule has 1 aliphatic heterocycles. The molecule has 182 valence electrons. The van der Waals surface area contributed by atoms with Crippen molar-refractivity contribution in [2.75, 3.05) is 6.54 Å². The summed E-state index contributed by atoms with van der Waals surface area (Å²) in [7, 11) is 0. The Bertz CT molecular complexity index is 874. The molecule has 1 fully saturated rings. The van der Waals surface area contributed by atoms with Crippen LogP contribution in [0.3, 0.4) is 0 Å². The Morgan fingerprint density at radius 1 is 1.24 bits per heavy atom. The molecule has 8 N–H and O–H groups in total. The number of carbonyl (C=O) groups excluding carboxylic acids is 3. The highest BCUT2D eigenvalue weighted by Gasteiger charge is 2.39. The van der Waals surface area contributed by atoms with E-state index in [4.69, 9.17) is 10.8 Å². The van der Waals surface area contributed by atoms with Crippen LogP contribution in [0, 0.1) is 0 Å². The van der Waals surface area contributed by atoms with E-state index in [1.807, 2.05) is 0 Å². The Kier molecular flexibility index (Phi) is 8.87. The minimum absolute atomic E-state index is 0.0750. The van der Waals surface area contributed by atoms with E-state index in [-0.39, 0.29) is 19.4 Å². The lowest BCUT2D eigenvalue weighted by Gasteiger charge is -2.29. The zero-order valence-electron chi connectivity index (χ0n) is 17.9. The van der Waals surface area contributed by atoms with Crippen LogP contribution in [0.2, 0.25) is 0 Å². The lowest BCUT2D eigenvalue weighted by Crippen LogP contribution is -2.60. The summed E-state index contributed by atoms with van der Waals surface area (Å²) in [5, 5.41) is 33.0. The Labute approximate surface area is 188 Å². The van der Waals surface area contributed by atoms with Gasteiger partial charge in [-0.15, -0.1) is 0 Å². The number of aliphatic hydroxyl groups excluding tert-OH is 1. The largest absolute Gasteiger partial charge is 0.481 e. The van der Waals surface area contributed by atoms with Gasteiger partial charge >= 0.3 is 11.9 Å². The Balaban J connectivity index is 2.10. The smallest absolute Gasteiger partial charge is 0.326 e. The molecule has 5 unspecified atom stereocenters. The number of carbonyl (C=O) groups is 5. The summed E-state index contributed by atoms with van der Waals surface area (Å²) in [5.41, 5.74) is 6.40. The first-order valence-electron chi connectivity index (χ1n) is 10.3. The van der Waals surface area contributed by atoms with Crippen molar-refractivity contribution in [1.29, 1.82) is 0 Å². The molecule has 14 heteroatoms. The molecule has 2 heterocycles. The predicted molar refractivity (Wildman–Crippen MR) is 110 cm³/mol. The molecule has 1 aromatic rings. The maximum absolute atomic E-state index is 12.8. The molecular formula is C19H28N6O8. The quantitative estimate of drug-likeness (QED) is 0.176. The van der Waals surface area contributed by atoms with Gasteiger partial charge in [-0.3, -0.25) is 19.2 Å². The topological polar surface area (TPSA) is 228 Å². The molecule has 33 heavy (non-hydrogen) atoms. The lowest BCUT2D eigenvalue weighted by atomic mass is 10.1. The number of hydrogen-bond acceptors (Lipinski definition) is 8. The van der Waals surface area contributed by atoms with Gasteiger partial charge in [0.15, 0.2) is 0 Å². The van der Waals surface area contributed by atoms with Crippen molar-refractivity contribution in [1.82, 2.24) is 25.5 Å². The number of nitrogens with two attached hydrogens (primary N) is 1. The number of amides is 3. The van der Waals surface area contributed by atoms with E-state index in [0.29, 0.717) is 12.1 Å². The van der Waals surface area contributed by atoms with Crippen LogP contribution in [0.5, 0.6) is 0 Å². The highest BCUT2D eigenvalue weighted by Crippen LogP contribution is 2.19. The van der Waals surface area contributed by atoms with Crippen molar-refractivity contribution >= 4 is 29.7 Å². The summed E-state index contributed by atoms with van der Waals surface area (Å²) in [6, 6.07) is -5.34. The summed E-state index contributed by atoms with van der Waals surface area (Å²) in [5.74, 6) is -5.29. The number of aromatic amines is 1. The molecule has 2 rings (SSSR count). The first-order chi connectivity index (χ1) is 15.5. The summed E-state index contributed by atoms with van der Waals surface area (Å²) in [6.45, 7) is 1.32. The van der Waals surface area contributed by atoms with Crippen LogP contribution in [0.25, 0.3) is 0 Å². The second kappa shape index (κ2) is 11.4. The Morgan fingerprint density at radius 2 is 1.94 bits per heavy atom. The van der Waals surface area contributed by atoms with Crippen LogP contribution in [-0.2, 0) is 30.4 Å². The van der Waals surface area contributed by atoms with Gasteiger partial charge in [-0.1, -0.05) is 0 Å². The maximum atomic E-state index is 12.8. The van der Waals surface area contributed by atoms with Crippen LogP contribution in [-0.4, -0.2) is 96.7 Å². The number of aliphatic carboxylic acids is 2. The van der Waals surface area contributed by atoms with Crippen LogP contribution in [0.15, 0.2) is 12.5 Å². The third-order valence-corrected chi connectivity index (χ3v) is 5.21. The Hall–Kier alpha value is -3.52. The highest BCUT2D eigenvalue weighted by atomic mass is 16.4. The number of rotatable bonds is 11. The lowest BCUT2D eigenvalue weighted by molar-refractivity contribution is -0.150. The van der Waals surface area contributed by atoms with E-state index in [0.717, 1.165) is 4.90 Å². The van der Waals surface area contributed by atoms with Gasteiger partial charge in [0.2, 0.25) is 17.7 Å². The normalized spacial score (nSPS) is 19.2. The average molecular weight is 468 g/mol. The Morgan fingerprint density at radius 3 is 2.48 bits per heavy atom. The number of H-pyrrole nitrogens is 1. The van der Waals surface area contributed by atoms with Gasteiger partial charge in [0.1, 0.15) is 18.1 Å². The number of nitrogens with one attached hydrogen (secondary N) is 3. The third-order valence-electron chi connectivity index (χ3n) is 5.21. The molecule has 1 saturated heterocycles. The molecule has 14 nitrogen and oxygen atoms in total. The molecule has 0 aliphatic carbocycles. The molecular weight excluding hydrogens is 440 g/mol. The summed E-state index contributed by atoms with van der Waals surface area (Å²) in [4.78, 5) is 68.3. The van der Waals surface area contributed by atoms with Gasteiger partial charge in [0.05, 0.1) is 24.9 Å². The van der Waals surface area contributed by atoms with Gasteiger partial charge in [0, 0.05) is 24.9 Å². The first-order valence-corrected chi connectivity index (χ1v) is 10.3. The number of aromatic nitrogens is 2. The van der Waals surface area contributed by atoms with Crippen LogP contribution >= 0.6 is 0 Å². The van der Waals surface area contributed by atoms with Crippen molar-refractivity contribution in [2.45, 2.75) is 62.9 Å². The summed E-state index contributed by atoms with van der Waals surface area (Å²) in [6.07, 6.45) is 1.34. The molecule has 0 spiro atoms. The van der Waals surface area contributed by atoms with Crippen molar-refractivity contribution < 1.29 is 39.3 Å². The van der Waals surface area contributed by atoms with E-state index in [1.165, 1.54) is 19.4 Å². The monoisotopic (exact) mass is 468 g/mol. The molecule has 0 saturated carbocycles. The van der Waals surface area contributed by atoms with Crippen molar-refractivity contribution in [3.05, 3.63) is 18.2 Å². The van der Waals surface area contributed by atoms with Gasteiger partial charge in [-0.05, 0) is 19.8 Å². The first kappa shape index (κ1) is 25.7. The fourth-order valence-corrected chi connectivity index (χ4v) is 3.52. The summed E-state index contributed by atoms with van der Waals surface area (Å²) >= 11 is 0. The van der Waals surface area contributed by atoms with Gasteiger partial charge in [-0.25, -0.2) is 9.78 Å². The second-order valence-electron chi connectivity index (χ2n) is 7.80. The number of aliphatic hydroxyl groups is 1. The van der Waals surface area contributed by atoms with Crippen LogP contribution < -0.4 is 16.4 Å². The van der Waals surface area contributed by atoms with Crippen LogP contribution in [0.1, 0.15) is 31.9 Å². The number of hydrogen-bond donors (Lipinski definition) is 7. The predicted octanol–water partition coefficient (Wildman–Crippen LogP) is -2.82. The van der Waals surface area contributed by atoms with E-state index in [2.05, 4.69) is 20.6 Å². The van der Waals surface area contributed by atoms with E-state index in [1.54, 1.807) is 0 Å². The number of nitrogens with zero attached hydrogens (tertiary/aromatic N) is 2. The van der Waals surface area contributed by atoms with Crippen molar-refractivity contribution in [3.8, 4) is 0 Å². The zero-order chi connectivity index (χ0) is 24.7. The molecule has 5 atom stereocenters. The van der Waals surface area contributed by atoms with E-state index < -0.39 is 66.4 Å². The standard InChI is InChI=1S/C19H28N6O8/c1-9(26)15(24-16(29)11(20)5-10-7-21-8-22-10)17(30)23-12(6-14(27)28)18(31)25-4-2-3-13(25)19(32)33/h7-9,11-13,15,26H,2-6,20H2,1H3,(H,21,22)(H,23,30)(H,24,29)(H,27,28)(H,32,33). The molecule has 0 aromatic carbocycles. The third kappa shape index (κ3) is 6.98. The number of imidazole rings is 1. The van der Waals surface area contributed by atoms with E-state index in [9.17, 15) is 34.2 Å². The molecule has 0 bridgehead atoms. The minimum Gasteiger partial charge on any atom is -0.481 e. The SMILES string of the molecule is CC(O)C(NC(=O)C(N)Cc1cnc[nH]1)C(=O)NC(CC(=O)O)C(=O)N1CCCC1C(=O)O. The van der Waals surface area contributed by atoms with Crippen LogP contribution in [0.4, 0.5) is 0 Å². The van der Waals surface area contributed by atoms with Crippen molar-refractivity contribution in [2.24, 2.45) is 5.73 Å². The molecule has 3 amide bonds. The van der Waals surface area contributed by atoms with Gasteiger partial charge in [-0.2, -0.15) is 0 Å². The molecule has 0 radical (unpaired) electrons. The number of carboxylic acid groups (broad SMARTS) is 2. The average Bonchev–Trinajstić information content (AvgIpc) is 3.41. The maximum Gasteiger partial charge on any atom is 0.326 e. The minimum atomic E-state index is -1.59. The van der Waals surface area contributed by atoms with Gasteiger partial charge < -0.3 is 41.6 Å². The molecule has 1 aliphatic rings. The number of carboxylic acids is 2. The fourth-order valence-electron chi connectivity index (χ4n) is 3.52. The second-order valence-corrected chi connectivity index (χ2v) is 7.80. The van der Waals surface area contributed by atoms with Crippen molar-refractivity contribution in [3.63, 3.8) is 0 Å². The molecule has 1 aromatic heterocycles. The number of likely N-dealkylation sites (tertiary alicyclic amines) is 1. The zero-order valence-corrected chi connectivity index (χ0v) is 17.9. The van der Waals surface area contributed by atoms with Gasteiger partial charge in [0.25, 0.3) is 0 Å².